The number of fused-ring (bicyclic) bond motifs is 1. The zero-order chi connectivity index (χ0) is 18.8. The molecule has 1 aromatic carbocycles. The molecule has 3 aromatic rings. The molecular formula is C20H24N4O3. The van der Waals surface area contributed by atoms with Crippen molar-refractivity contribution < 1.29 is 13.9 Å². The molecule has 1 aliphatic rings. The van der Waals surface area contributed by atoms with Gasteiger partial charge in [0.2, 0.25) is 0 Å². The molecule has 1 fully saturated rings. The zero-order valence-electron chi connectivity index (χ0n) is 15.6. The summed E-state index contributed by atoms with van der Waals surface area (Å²) in [6.07, 6.45) is 3.58. The molecule has 2 amide bonds. The van der Waals surface area contributed by atoms with E-state index in [0.29, 0.717) is 26.2 Å². The first kappa shape index (κ1) is 17.6. The van der Waals surface area contributed by atoms with Crippen LogP contribution in [0.5, 0.6) is 0 Å². The third kappa shape index (κ3) is 3.68. The van der Waals surface area contributed by atoms with Gasteiger partial charge < -0.3 is 19.4 Å². The predicted octanol–water partition coefficient (Wildman–Crippen LogP) is 3.11. The molecule has 2 atom stereocenters. The predicted molar refractivity (Wildman–Crippen MR) is 101 cm³/mol. The number of nitrogens with zero attached hydrogens (tertiary/aromatic N) is 3. The molecule has 142 valence electrons. The molecule has 1 saturated heterocycles. The van der Waals surface area contributed by atoms with Crippen molar-refractivity contribution in [2.45, 2.75) is 32.5 Å². The van der Waals surface area contributed by atoms with Gasteiger partial charge in [-0.05, 0) is 26.0 Å². The molecule has 0 saturated carbocycles. The molecule has 0 bridgehead atoms. The number of rotatable bonds is 4. The lowest BCUT2D eigenvalue weighted by Crippen LogP contribution is -2.51. The summed E-state index contributed by atoms with van der Waals surface area (Å²) >= 11 is 0. The number of morpholine rings is 1. The second kappa shape index (κ2) is 7.44. The van der Waals surface area contributed by atoms with E-state index >= 15 is 0 Å². The van der Waals surface area contributed by atoms with E-state index in [9.17, 15) is 4.79 Å². The molecular weight excluding hydrogens is 344 g/mol. The molecule has 0 radical (unpaired) electrons. The highest BCUT2D eigenvalue weighted by Gasteiger charge is 2.27. The van der Waals surface area contributed by atoms with E-state index in [1.807, 2.05) is 55.1 Å². The van der Waals surface area contributed by atoms with Crippen LogP contribution in [0.15, 0.2) is 47.1 Å². The van der Waals surface area contributed by atoms with Gasteiger partial charge in [0.15, 0.2) is 0 Å². The lowest BCUT2D eigenvalue weighted by atomic mass is 10.1. The number of benzene rings is 1. The topological polar surface area (TPSA) is 72.5 Å². The van der Waals surface area contributed by atoms with Crippen molar-refractivity contribution in [2.24, 2.45) is 0 Å². The smallest absolute Gasteiger partial charge is 0.318 e. The van der Waals surface area contributed by atoms with E-state index in [2.05, 4.69) is 10.4 Å². The van der Waals surface area contributed by atoms with Crippen molar-refractivity contribution in [3.63, 3.8) is 0 Å². The maximum atomic E-state index is 12.8. The van der Waals surface area contributed by atoms with Crippen LogP contribution in [-0.4, -0.2) is 46.5 Å². The number of ether oxygens (including phenoxy) is 1. The summed E-state index contributed by atoms with van der Waals surface area (Å²) in [5.41, 5.74) is 1.91. The summed E-state index contributed by atoms with van der Waals surface area (Å²) in [6, 6.07) is 9.49. The Bertz CT molecular complexity index is 919. The van der Waals surface area contributed by atoms with Gasteiger partial charge in [-0.3, -0.25) is 4.68 Å². The van der Waals surface area contributed by atoms with E-state index in [0.717, 1.165) is 22.3 Å². The van der Waals surface area contributed by atoms with Crippen molar-refractivity contribution in [3.8, 4) is 0 Å². The molecule has 4 rings (SSSR count). The van der Waals surface area contributed by atoms with Crippen molar-refractivity contribution in [3.05, 3.63) is 54.0 Å². The number of aryl methyl sites for hydroxylation is 1. The first-order valence-corrected chi connectivity index (χ1v) is 9.24. The van der Waals surface area contributed by atoms with Crippen LogP contribution in [0.3, 0.4) is 0 Å². The highest BCUT2D eigenvalue weighted by atomic mass is 16.5. The number of aromatic nitrogens is 2. The number of carbonyl (C=O) groups excluding carboxylic acids is 1. The fraction of sp³-hybridized carbons (Fsp3) is 0.400. The minimum atomic E-state index is -0.211. The lowest BCUT2D eigenvalue weighted by molar-refractivity contribution is -0.0240. The molecule has 7 nitrogen and oxygen atoms in total. The molecule has 3 heterocycles. The molecule has 1 N–H and O–H groups in total. The molecule has 27 heavy (non-hydrogen) atoms. The van der Waals surface area contributed by atoms with Crippen LogP contribution < -0.4 is 5.32 Å². The Morgan fingerprint density at radius 2 is 2.22 bits per heavy atom. The van der Waals surface area contributed by atoms with Gasteiger partial charge >= 0.3 is 6.03 Å². The number of para-hydroxylation sites is 1. The Morgan fingerprint density at radius 1 is 1.37 bits per heavy atom. The second-order valence-electron chi connectivity index (χ2n) is 6.93. The molecule has 0 aliphatic carbocycles. The van der Waals surface area contributed by atoms with E-state index in [4.69, 9.17) is 9.15 Å². The van der Waals surface area contributed by atoms with Gasteiger partial charge in [-0.25, -0.2) is 4.79 Å². The number of furan rings is 1. The van der Waals surface area contributed by atoms with E-state index in [-0.39, 0.29) is 18.2 Å². The maximum absolute atomic E-state index is 12.8. The van der Waals surface area contributed by atoms with Gasteiger partial charge in [0.25, 0.3) is 0 Å². The van der Waals surface area contributed by atoms with Crippen LogP contribution in [0.2, 0.25) is 0 Å². The Balaban J connectivity index is 1.40. The fourth-order valence-corrected chi connectivity index (χ4v) is 3.58. The number of amides is 2. The summed E-state index contributed by atoms with van der Waals surface area (Å²) in [5.74, 6) is 0.797. The normalized spacial score (nSPS) is 18.6. The minimum Gasteiger partial charge on any atom is -0.459 e. The van der Waals surface area contributed by atoms with E-state index in [1.165, 1.54) is 0 Å². The number of urea groups is 1. The second-order valence-corrected chi connectivity index (χ2v) is 6.93. The van der Waals surface area contributed by atoms with Crippen molar-refractivity contribution >= 4 is 17.0 Å². The van der Waals surface area contributed by atoms with E-state index < -0.39 is 0 Å². The van der Waals surface area contributed by atoms with Gasteiger partial charge in [0, 0.05) is 29.9 Å². The SMILES string of the molecule is Cc1c([C@H](C)NC(=O)N2CCOC(Cn3cccn3)C2)oc2ccccc12. The third-order valence-electron chi connectivity index (χ3n) is 4.99. The summed E-state index contributed by atoms with van der Waals surface area (Å²) in [7, 11) is 0. The molecule has 1 aliphatic heterocycles. The Morgan fingerprint density at radius 3 is 3.00 bits per heavy atom. The molecule has 0 spiro atoms. The number of hydrogen-bond donors (Lipinski definition) is 1. The average Bonchev–Trinajstić information content (AvgIpc) is 3.30. The molecule has 7 heteroatoms. The van der Waals surface area contributed by atoms with Gasteiger partial charge in [-0.2, -0.15) is 5.10 Å². The highest BCUT2D eigenvalue weighted by Crippen LogP contribution is 2.29. The first-order chi connectivity index (χ1) is 13.1. The molecule has 1 unspecified atom stereocenters. The monoisotopic (exact) mass is 368 g/mol. The van der Waals surface area contributed by atoms with Crippen molar-refractivity contribution in [1.82, 2.24) is 20.0 Å². The van der Waals surface area contributed by atoms with Crippen LogP contribution in [0.4, 0.5) is 4.79 Å². The minimum absolute atomic E-state index is 0.0624. The van der Waals surface area contributed by atoms with Gasteiger partial charge in [-0.15, -0.1) is 0 Å². The first-order valence-electron chi connectivity index (χ1n) is 9.24. The van der Waals surface area contributed by atoms with Gasteiger partial charge in [-0.1, -0.05) is 18.2 Å². The van der Waals surface area contributed by atoms with Crippen LogP contribution >= 0.6 is 0 Å². The number of hydrogen-bond acceptors (Lipinski definition) is 4. The Labute approximate surface area is 157 Å². The van der Waals surface area contributed by atoms with Crippen molar-refractivity contribution in [1.29, 1.82) is 0 Å². The summed E-state index contributed by atoms with van der Waals surface area (Å²) in [4.78, 5) is 14.5. The summed E-state index contributed by atoms with van der Waals surface area (Å²) in [6.45, 7) is 6.25. The fourth-order valence-electron chi connectivity index (χ4n) is 3.58. The average molecular weight is 368 g/mol. The van der Waals surface area contributed by atoms with Gasteiger partial charge in [0.05, 0.1) is 31.8 Å². The number of nitrogens with one attached hydrogen (secondary N) is 1. The Hall–Kier alpha value is -2.80. The van der Waals surface area contributed by atoms with Crippen LogP contribution in [0.1, 0.15) is 24.3 Å². The van der Waals surface area contributed by atoms with Crippen LogP contribution in [-0.2, 0) is 11.3 Å². The quantitative estimate of drug-likeness (QED) is 0.768. The highest BCUT2D eigenvalue weighted by molar-refractivity contribution is 5.82. The largest absolute Gasteiger partial charge is 0.459 e. The van der Waals surface area contributed by atoms with Gasteiger partial charge in [0.1, 0.15) is 11.3 Å². The maximum Gasteiger partial charge on any atom is 0.318 e. The summed E-state index contributed by atoms with van der Waals surface area (Å²) in [5, 5.41) is 8.35. The van der Waals surface area contributed by atoms with Crippen LogP contribution in [0.25, 0.3) is 11.0 Å². The third-order valence-corrected chi connectivity index (χ3v) is 4.99. The van der Waals surface area contributed by atoms with Crippen molar-refractivity contribution in [2.75, 3.05) is 19.7 Å². The number of carbonyl (C=O) groups is 1. The van der Waals surface area contributed by atoms with E-state index in [1.54, 1.807) is 11.1 Å². The van der Waals surface area contributed by atoms with Crippen LogP contribution in [0, 0.1) is 6.92 Å². The standard InChI is InChI=1S/C20H24N4O3/c1-14-17-6-3-4-7-18(17)27-19(14)15(2)22-20(25)23-10-11-26-16(12-23)13-24-9-5-8-21-24/h3-9,15-16H,10-13H2,1-2H3,(H,22,25)/t15-,16?/m0/s1. The molecule has 2 aromatic heterocycles. The lowest BCUT2D eigenvalue weighted by Gasteiger charge is -2.33. The summed E-state index contributed by atoms with van der Waals surface area (Å²) < 4.78 is 13.6. The Kier molecular flexibility index (Phi) is 4.85. The zero-order valence-corrected chi connectivity index (χ0v) is 15.6.